The second-order valence-corrected chi connectivity index (χ2v) is 6.63. The van der Waals surface area contributed by atoms with Gasteiger partial charge in [-0.3, -0.25) is 4.90 Å². The Morgan fingerprint density at radius 3 is 2.70 bits per heavy atom. The molecule has 1 aromatic rings. The fourth-order valence-corrected chi connectivity index (χ4v) is 3.63. The van der Waals surface area contributed by atoms with Gasteiger partial charge in [0.25, 0.3) is 0 Å². The fraction of sp³-hybridized carbons (Fsp3) is 0.667. The van der Waals surface area contributed by atoms with Crippen molar-refractivity contribution >= 4 is 0 Å². The highest BCUT2D eigenvalue weighted by Gasteiger charge is 2.30. The number of ether oxygens (including phenoxy) is 3. The second-order valence-electron chi connectivity index (χ2n) is 6.63. The summed E-state index contributed by atoms with van der Waals surface area (Å²) in [5.41, 5.74) is 7.14. The highest BCUT2D eigenvalue weighted by atomic mass is 16.5. The van der Waals surface area contributed by atoms with Gasteiger partial charge in [0.05, 0.1) is 20.3 Å². The van der Waals surface area contributed by atoms with Crippen molar-refractivity contribution in [1.82, 2.24) is 4.90 Å². The van der Waals surface area contributed by atoms with Gasteiger partial charge < -0.3 is 19.9 Å². The first kappa shape index (κ1) is 16.6. The first-order chi connectivity index (χ1) is 11.2. The van der Waals surface area contributed by atoms with Gasteiger partial charge in [0.2, 0.25) is 0 Å². The zero-order valence-corrected chi connectivity index (χ0v) is 14.2. The van der Waals surface area contributed by atoms with Crippen LogP contribution in [-0.2, 0) is 4.74 Å². The average Bonchev–Trinajstić information content (AvgIpc) is 2.97. The average molecular weight is 320 g/mol. The molecule has 2 N–H and O–H groups in total. The Kier molecular flexibility index (Phi) is 5.41. The molecule has 2 saturated heterocycles. The molecule has 5 heteroatoms. The minimum absolute atomic E-state index is 0.214. The molecule has 0 aliphatic carbocycles. The Bertz CT molecular complexity index is 517. The standard InChI is InChI=1S/C18H28N2O3/c1-20-12-13(11-19)9-16(20)14-3-4-17(21-2)18(10-14)23-15-5-7-22-8-6-15/h3-4,10,13,15-16H,5-9,11-12,19H2,1-2H3. The van der Waals surface area contributed by atoms with Gasteiger partial charge in [-0.05, 0) is 43.6 Å². The lowest BCUT2D eigenvalue weighted by Gasteiger charge is -2.26. The lowest BCUT2D eigenvalue weighted by Crippen LogP contribution is -2.26. The van der Waals surface area contributed by atoms with Crippen molar-refractivity contribution in [1.29, 1.82) is 0 Å². The number of hydrogen-bond donors (Lipinski definition) is 1. The Morgan fingerprint density at radius 1 is 1.26 bits per heavy atom. The van der Waals surface area contributed by atoms with E-state index in [1.165, 1.54) is 5.56 Å². The molecular formula is C18H28N2O3. The SMILES string of the molecule is COc1ccc(C2CC(CN)CN2C)cc1OC1CCOCC1. The van der Waals surface area contributed by atoms with E-state index in [0.717, 1.165) is 57.1 Å². The van der Waals surface area contributed by atoms with E-state index in [1.54, 1.807) is 7.11 Å². The molecular weight excluding hydrogens is 292 g/mol. The van der Waals surface area contributed by atoms with Crippen molar-refractivity contribution in [3.05, 3.63) is 23.8 Å². The van der Waals surface area contributed by atoms with E-state index in [-0.39, 0.29) is 6.10 Å². The Labute approximate surface area is 138 Å². The van der Waals surface area contributed by atoms with E-state index in [0.29, 0.717) is 12.0 Å². The molecule has 1 aromatic carbocycles. The number of hydrogen-bond acceptors (Lipinski definition) is 5. The minimum Gasteiger partial charge on any atom is -0.493 e. The monoisotopic (exact) mass is 320 g/mol. The first-order valence-electron chi connectivity index (χ1n) is 8.54. The van der Waals surface area contributed by atoms with Gasteiger partial charge in [0.1, 0.15) is 6.10 Å². The summed E-state index contributed by atoms with van der Waals surface area (Å²) < 4.78 is 17.1. The van der Waals surface area contributed by atoms with Crippen LogP contribution in [0.5, 0.6) is 11.5 Å². The second kappa shape index (κ2) is 7.51. The van der Waals surface area contributed by atoms with Crippen LogP contribution in [0.2, 0.25) is 0 Å². The van der Waals surface area contributed by atoms with Gasteiger partial charge in [-0.15, -0.1) is 0 Å². The van der Waals surface area contributed by atoms with E-state index in [4.69, 9.17) is 19.9 Å². The molecule has 128 valence electrons. The van der Waals surface area contributed by atoms with Crippen LogP contribution in [0.1, 0.15) is 30.9 Å². The smallest absolute Gasteiger partial charge is 0.161 e. The third-order valence-corrected chi connectivity index (χ3v) is 5.00. The number of nitrogens with two attached hydrogens (primary N) is 1. The van der Waals surface area contributed by atoms with Crippen molar-refractivity contribution < 1.29 is 14.2 Å². The zero-order chi connectivity index (χ0) is 16.2. The van der Waals surface area contributed by atoms with Crippen LogP contribution in [0, 0.1) is 5.92 Å². The van der Waals surface area contributed by atoms with E-state index >= 15 is 0 Å². The van der Waals surface area contributed by atoms with Crippen LogP contribution in [0.25, 0.3) is 0 Å². The maximum Gasteiger partial charge on any atom is 0.161 e. The van der Waals surface area contributed by atoms with Crippen LogP contribution in [0.3, 0.4) is 0 Å². The summed E-state index contributed by atoms with van der Waals surface area (Å²) in [5.74, 6) is 2.23. The molecule has 2 aliphatic heterocycles. The van der Waals surface area contributed by atoms with Crippen LogP contribution in [0.4, 0.5) is 0 Å². The van der Waals surface area contributed by atoms with Crippen molar-refractivity contribution in [2.45, 2.75) is 31.4 Å². The molecule has 2 heterocycles. The third-order valence-electron chi connectivity index (χ3n) is 5.00. The van der Waals surface area contributed by atoms with Gasteiger partial charge in [-0.25, -0.2) is 0 Å². The Hall–Kier alpha value is -1.30. The number of rotatable bonds is 5. The van der Waals surface area contributed by atoms with E-state index in [1.807, 2.05) is 6.07 Å². The summed E-state index contributed by atoms with van der Waals surface area (Å²) in [6.45, 7) is 3.36. The van der Waals surface area contributed by atoms with Crippen molar-refractivity contribution in [3.63, 3.8) is 0 Å². The van der Waals surface area contributed by atoms with Gasteiger partial charge in [-0.2, -0.15) is 0 Å². The highest BCUT2D eigenvalue weighted by Crippen LogP contribution is 2.38. The summed E-state index contributed by atoms with van der Waals surface area (Å²) in [6.07, 6.45) is 3.19. The van der Waals surface area contributed by atoms with Crippen LogP contribution in [0.15, 0.2) is 18.2 Å². The van der Waals surface area contributed by atoms with E-state index in [2.05, 4.69) is 24.1 Å². The minimum atomic E-state index is 0.214. The third kappa shape index (κ3) is 3.79. The maximum atomic E-state index is 6.22. The van der Waals surface area contributed by atoms with Gasteiger partial charge in [0, 0.05) is 25.4 Å². The molecule has 5 nitrogen and oxygen atoms in total. The number of likely N-dealkylation sites (tertiary alicyclic amines) is 1. The van der Waals surface area contributed by atoms with Gasteiger partial charge >= 0.3 is 0 Å². The molecule has 2 fully saturated rings. The normalized spacial score (nSPS) is 26.4. The summed E-state index contributed by atoms with van der Waals surface area (Å²) in [5, 5.41) is 0. The van der Waals surface area contributed by atoms with Crippen molar-refractivity contribution in [2.75, 3.05) is 40.5 Å². The summed E-state index contributed by atoms with van der Waals surface area (Å²) in [4.78, 5) is 2.39. The lowest BCUT2D eigenvalue weighted by molar-refractivity contribution is 0.0245. The van der Waals surface area contributed by atoms with Crippen LogP contribution < -0.4 is 15.2 Å². The molecule has 0 saturated carbocycles. The molecule has 0 amide bonds. The van der Waals surface area contributed by atoms with E-state index in [9.17, 15) is 0 Å². The molecule has 2 aliphatic rings. The molecule has 2 unspecified atom stereocenters. The predicted octanol–water partition coefficient (Wildman–Crippen LogP) is 2.20. The summed E-state index contributed by atoms with van der Waals surface area (Å²) >= 11 is 0. The van der Waals surface area contributed by atoms with Crippen molar-refractivity contribution in [2.24, 2.45) is 11.7 Å². The summed E-state index contributed by atoms with van der Waals surface area (Å²) in [7, 11) is 3.86. The molecule has 0 spiro atoms. The molecule has 3 rings (SSSR count). The summed E-state index contributed by atoms with van der Waals surface area (Å²) in [6, 6.07) is 6.73. The quantitative estimate of drug-likeness (QED) is 0.901. The van der Waals surface area contributed by atoms with Gasteiger partial charge in [-0.1, -0.05) is 6.07 Å². The lowest BCUT2D eigenvalue weighted by atomic mass is 9.99. The van der Waals surface area contributed by atoms with E-state index < -0.39 is 0 Å². The largest absolute Gasteiger partial charge is 0.493 e. The maximum absolute atomic E-state index is 6.22. The topological polar surface area (TPSA) is 57.0 Å². The molecule has 23 heavy (non-hydrogen) atoms. The van der Waals surface area contributed by atoms with Crippen molar-refractivity contribution in [3.8, 4) is 11.5 Å². The zero-order valence-electron chi connectivity index (χ0n) is 14.2. The van der Waals surface area contributed by atoms with Gasteiger partial charge in [0.15, 0.2) is 11.5 Å². The molecule has 2 atom stereocenters. The number of nitrogens with zero attached hydrogens (tertiary/aromatic N) is 1. The Balaban J connectivity index is 1.78. The highest BCUT2D eigenvalue weighted by molar-refractivity contribution is 5.44. The molecule has 0 bridgehead atoms. The molecule has 0 aromatic heterocycles. The van der Waals surface area contributed by atoms with Crippen LogP contribution >= 0.6 is 0 Å². The number of methoxy groups -OCH3 is 1. The Morgan fingerprint density at radius 2 is 2.04 bits per heavy atom. The predicted molar refractivity (Wildman–Crippen MR) is 90.0 cm³/mol. The van der Waals surface area contributed by atoms with Crippen LogP contribution in [-0.4, -0.2) is 51.5 Å². The fourth-order valence-electron chi connectivity index (χ4n) is 3.63. The first-order valence-corrected chi connectivity index (χ1v) is 8.54. The molecule has 0 radical (unpaired) electrons. The number of benzene rings is 1.